The molecular formula is C17H21ClO2. The summed E-state index contributed by atoms with van der Waals surface area (Å²) in [6.45, 7) is 2.88. The molecule has 2 nitrogen and oxygen atoms in total. The van der Waals surface area contributed by atoms with Crippen LogP contribution in [-0.4, -0.2) is 19.6 Å². The number of unbranched alkanes of at least 4 members (excludes halogenated alkanes) is 1. The highest BCUT2D eigenvalue weighted by Crippen LogP contribution is 2.31. The number of hydrogen-bond donors (Lipinski definition) is 0. The van der Waals surface area contributed by atoms with Crippen LogP contribution in [0, 0.1) is 0 Å². The van der Waals surface area contributed by atoms with Crippen LogP contribution in [0.2, 0.25) is 0 Å². The van der Waals surface area contributed by atoms with Gasteiger partial charge in [-0.15, -0.1) is 11.6 Å². The molecule has 0 unspecified atom stereocenters. The Morgan fingerprint density at radius 2 is 1.95 bits per heavy atom. The molecule has 0 bridgehead atoms. The van der Waals surface area contributed by atoms with Gasteiger partial charge >= 0.3 is 0 Å². The Bertz CT molecular complexity index is 566. The van der Waals surface area contributed by atoms with Gasteiger partial charge in [0.25, 0.3) is 0 Å². The van der Waals surface area contributed by atoms with Crippen molar-refractivity contribution in [3.05, 3.63) is 35.9 Å². The molecule has 0 heterocycles. The Morgan fingerprint density at radius 3 is 2.65 bits per heavy atom. The lowest BCUT2D eigenvalue weighted by Gasteiger charge is -2.13. The lowest BCUT2D eigenvalue weighted by molar-refractivity contribution is 0.307. The summed E-state index contributed by atoms with van der Waals surface area (Å²) in [6.07, 6.45) is 2.94. The van der Waals surface area contributed by atoms with E-state index in [1.54, 1.807) is 7.11 Å². The van der Waals surface area contributed by atoms with Crippen molar-refractivity contribution in [3.63, 3.8) is 0 Å². The quantitative estimate of drug-likeness (QED) is 0.538. The number of ether oxygens (including phenoxy) is 2. The van der Waals surface area contributed by atoms with Gasteiger partial charge in [0.2, 0.25) is 0 Å². The molecule has 0 aromatic heterocycles. The maximum atomic E-state index is 5.90. The van der Waals surface area contributed by atoms with Gasteiger partial charge in [0.05, 0.1) is 13.7 Å². The normalized spacial score (nSPS) is 10.8. The van der Waals surface area contributed by atoms with Crippen LogP contribution in [0.15, 0.2) is 30.3 Å². The Kier molecular flexibility index (Phi) is 5.54. The summed E-state index contributed by atoms with van der Waals surface area (Å²) >= 11 is 5.68. The maximum Gasteiger partial charge on any atom is 0.123 e. The van der Waals surface area contributed by atoms with E-state index in [0.29, 0.717) is 5.88 Å². The molecule has 108 valence electrons. The number of hydrogen-bond acceptors (Lipinski definition) is 2. The van der Waals surface area contributed by atoms with E-state index in [-0.39, 0.29) is 0 Å². The molecule has 2 rings (SSSR count). The van der Waals surface area contributed by atoms with Crippen molar-refractivity contribution >= 4 is 22.4 Å². The number of methoxy groups -OCH3 is 1. The third-order valence-electron chi connectivity index (χ3n) is 3.43. The van der Waals surface area contributed by atoms with Crippen molar-refractivity contribution in [1.82, 2.24) is 0 Å². The van der Waals surface area contributed by atoms with Crippen molar-refractivity contribution in [2.24, 2.45) is 0 Å². The minimum atomic E-state index is 0.696. The minimum Gasteiger partial charge on any atom is -0.497 e. The van der Waals surface area contributed by atoms with Crippen molar-refractivity contribution in [3.8, 4) is 11.5 Å². The first-order chi connectivity index (χ1) is 9.80. The van der Waals surface area contributed by atoms with Crippen molar-refractivity contribution < 1.29 is 9.47 Å². The van der Waals surface area contributed by atoms with Crippen LogP contribution in [-0.2, 0) is 6.42 Å². The van der Waals surface area contributed by atoms with Gasteiger partial charge in [-0.3, -0.25) is 0 Å². The molecule has 0 saturated carbocycles. The lowest BCUT2D eigenvalue weighted by atomic mass is 10.0. The zero-order valence-electron chi connectivity index (χ0n) is 12.1. The Balaban J connectivity index is 2.27. The smallest absolute Gasteiger partial charge is 0.123 e. The second kappa shape index (κ2) is 7.39. The van der Waals surface area contributed by atoms with Crippen LogP contribution in [0.4, 0.5) is 0 Å². The molecular weight excluding hydrogens is 272 g/mol. The molecule has 0 spiro atoms. The molecule has 0 atom stereocenters. The number of halogens is 1. The molecule has 3 heteroatoms. The minimum absolute atomic E-state index is 0.696. The van der Waals surface area contributed by atoms with Gasteiger partial charge in [0.1, 0.15) is 11.5 Å². The first-order valence-electron chi connectivity index (χ1n) is 7.08. The van der Waals surface area contributed by atoms with E-state index in [1.807, 2.05) is 6.07 Å². The van der Waals surface area contributed by atoms with Crippen LogP contribution < -0.4 is 9.47 Å². The number of alkyl halides is 1. The summed E-state index contributed by atoms with van der Waals surface area (Å²) in [7, 11) is 1.69. The van der Waals surface area contributed by atoms with E-state index in [2.05, 4.69) is 31.2 Å². The number of fused-ring (bicyclic) bond motifs is 1. The largest absolute Gasteiger partial charge is 0.497 e. The SMILES string of the molecule is CCc1c(OCCCCCl)ccc2cc(OC)ccc12. The molecule has 0 fully saturated rings. The van der Waals surface area contributed by atoms with Gasteiger partial charge in [-0.05, 0) is 48.2 Å². The van der Waals surface area contributed by atoms with E-state index in [0.717, 1.165) is 37.4 Å². The molecule has 0 aliphatic rings. The second-order valence-corrected chi connectivity index (χ2v) is 5.11. The second-order valence-electron chi connectivity index (χ2n) is 4.73. The molecule has 20 heavy (non-hydrogen) atoms. The molecule has 2 aromatic rings. The monoisotopic (exact) mass is 292 g/mol. The number of benzene rings is 2. The summed E-state index contributed by atoms with van der Waals surface area (Å²) in [5.41, 5.74) is 1.26. The summed E-state index contributed by atoms with van der Waals surface area (Å²) in [5.74, 6) is 2.57. The van der Waals surface area contributed by atoms with Gasteiger partial charge in [-0.25, -0.2) is 0 Å². The van der Waals surface area contributed by atoms with Crippen molar-refractivity contribution in [1.29, 1.82) is 0 Å². The molecule has 0 radical (unpaired) electrons. The molecule has 0 saturated heterocycles. The average Bonchev–Trinajstić information content (AvgIpc) is 2.50. The summed E-state index contributed by atoms with van der Waals surface area (Å²) < 4.78 is 11.2. The van der Waals surface area contributed by atoms with E-state index in [4.69, 9.17) is 21.1 Å². The Morgan fingerprint density at radius 1 is 1.10 bits per heavy atom. The van der Waals surface area contributed by atoms with Gasteiger partial charge in [0.15, 0.2) is 0 Å². The average molecular weight is 293 g/mol. The van der Waals surface area contributed by atoms with Gasteiger partial charge < -0.3 is 9.47 Å². The van der Waals surface area contributed by atoms with Gasteiger partial charge in [0, 0.05) is 11.4 Å². The molecule has 0 aliphatic heterocycles. The Labute approximate surface area is 125 Å². The zero-order valence-corrected chi connectivity index (χ0v) is 12.9. The lowest BCUT2D eigenvalue weighted by Crippen LogP contribution is -2.01. The van der Waals surface area contributed by atoms with E-state index in [1.165, 1.54) is 16.3 Å². The third kappa shape index (κ3) is 3.37. The maximum absolute atomic E-state index is 5.90. The third-order valence-corrected chi connectivity index (χ3v) is 3.70. The van der Waals surface area contributed by atoms with E-state index >= 15 is 0 Å². The highest BCUT2D eigenvalue weighted by atomic mass is 35.5. The van der Waals surface area contributed by atoms with Gasteiger partial charge in [-0.2, -0.15) is 0 Å². The first kappa shape index (κ1) is 15.0. The van der Waals surface area contributed by atoms with Crippen LogP contribution >= 0.6 is 11.6 Å². The van der Waals surface area contributed by atoms with E-state index < -0.39 is 0 Å². The number of rotatable bonds is 7. The molecule has 0 amide bonds. The van der Waals surface area contributed by atoms with Crippen LogP contribution in [0.25, 0.3) is 10.8 Å². The van der Waals surface area contributed by atoms with Crippen LogP contribution in [0.3, 0.4) is 0 Å². The number of aryl methyl sites for hydroxylation is 1. The topological polar surface area (TPSA) is 18.5 Å². The predicted octanol–water partition coefficient (Wildman–Crippen LogP) is 4.81. The summed E-state index contributed by atoms with van der Waals surface area (Å²) in [6, 6.07) is 10.3. The van der Waals surface area contributed by atoms with Gasteiger partial charge in [-0.1, -0.05) is 19.1 Å². The highest BCUT2D eigenvalue weighted by Gasteiger charge is 2.08. The van der Waals surface area contributed by atoms with Crippen LogP contribution in [0.5, 0.6) is 11.5 Å². The molecule has 0 N–H and O–H groups in total. The predicted molar refractivity (Wildman–Crippen MR) is 85.3 cm³/mol. The van der Waals surface area contributed by atoms with Crippen molar-refractivity contribution in [2.75, 3.05) is 19.6 Å². The fraction of sp³-hybridized carbons (Fsp3) is 0.412. The highest BCUT2D eigenvalue weighted by molar-refractivity contribution is 6.17. The fourth-order valence-electron chi connectivity index (χ4n) is 2.36. The van der Waals surface area contributed by atoms with Crippen LogP contribution in [0.1, 0.15) is 25.3 Å². The zero-order chi connectivity index (χ0) is 14.4. The fourth-order valence-corrected chi connectivity index (χ4v) is 2.55. The summed E-state index contributed by atoms with van der Waals surface area (Å²) in [4.78, 5) is 0. The van der Waals surface area contributed by atoms with E-state index in [9.17, 15) is 0 Å². The standard InChI is InChI=1S/C17H21ClO2/c1-3-15-16-8-7-14(19-2)12-13(16)6-9-17(15)20-11-5-4-10-18/h6-9,12H,3-5,10-11H2,1-2H3. The molecule has 0 aliphatic carbocycles. The first-order valence-corrected chi connectivity index (χ1v) is 7.62. The molecule has 2 aromatic carbocycles. The Hall–Kier alpha value is -1.41. The summed E-state index contributed by atoms with van der Waals surface area (Å²) in [5, 5.41) is 2.43. The van der Waals surface area contributed by atoms with Crippen molar-refractivity contribution in [2.45, 2.75) is 26.2 Å².